The van der Waals surface area contributed by atoms with Crippen molar-refractivity contribution in [1.82, 2.24) is 10.2 Å². The van der Waals surface area contributed by atoms with Gasteiger partial charge in [0.15, 0.2) is 6.10 Å². The lowest BCUT2D eigenvalue weighted by molar-refractivity contribution is 0.0606. The molecule has 1 aromatic rings. The van der Waals surface area contributed by atoms with E-state index in [2.05, 4.69) is 10.5 Å². The van der Waals surface area contributed by atoms with Crippen molar-refractivity contribution in [3.8, 4) is 0 Å². The number of amides is 2. The van der Waals surface area contributed by atoms with Crippen LogP contribution in [0.25, 0.3) is 0 Å². The Bertz CT molecular complexity index is 531. The van der Waals surface area contributed by atoms with Crippen LogP contribution in [-0.4, -0.2) is 42.4 Å². The van der Waals surface area contributed by atoms with Crippen molar-refractivity contribution in [2.24, 2.45) is 5.16 Å². The number of carbonyl (C=O) groups is 1. The molecule has 0 bridgehead atoms. The number of urea groups is 1. The second-order valence-electron chi connectivity index (χ2n) is 5.26. The number of nitrogens with zero attached hydrogens (tertiary/aromatic N) is 2. The molecule has 1 heterocycles. The fourth-order valence-electron chi connectivity index (χ4n) is 2.39. The van der Waals surface area contributed by atoms with Crippen molar-refractivity contribution in [2.75, 3.05) is 19.6 Å². The summed E-state index contributed by atoms with van der Waals surface area (Å²) >= 11 is 0. The lowest BCUT2D eigenvalue weighted by Crippen LogP contribution is -2.44. The van der Waals surface area contributed by atoms with Gasteiger partial charge in [-0.15, -0.1) is 0 Å². The first-order chi connectivity index (χ1) is 10.6. The van der Waals surface area contributed by atoms with Crippen molar-refractivity contribution in [1.29, 1.82) is 0 Å². The molecule has 0 radical (unpaired) electrons. The van der Waals surface area contributed by atoms with Gasteiger partial charge in [0.25, 0.3) is 0 Å². The maximum atomic E-state index is 12.9. The molecule has 0 aliphatic carbocycles. The Kier molecular flexibility index (Phi) is 5.75. The predicted octanol–water partition coefficient (Wildman–Crippen LogP) is 2.76. The number of nitrogens with one attached hydrogen (secondary N) is 1. The van der Waals surface area contributed by atoms with E-state index < -0.39 is 0 Å². The van der Waals surface area contributed by atoms with Crippen LogP contribution in [0.4, 0.5) is 9.18 Å². The summed E-state index contributed by atoms with van der Waals surface area (Å²) in [4.78, 5) is 19.2. The summed E-state index contributed by atoms with van der Waals surface area (Å²) in [5.74, 6) is -0.273. The van der Waals surface area contributed by atoms with Crippen LogP contribution >= 0.6 is 0 Å². The van der Waals surface area contributed by atoms with E-state index in [1.165, 1.54) is 12.1 Å². The van der Waals surface area contributed by atoms with E-state index in [9.17, 15) is 9.18 Å². The van der Waals surface area contributed by atoms with Gasteiger partial charge in [0.1, 0.15) is 5.82 Å². The van der Waals surface area contributed by atoms with Crippen molar-refractivity contribution in [3.63, 3.8) is 0 Å². The molecule has 5 nitrogen and oxygen atoms in total. The highest BCUT2D eigenvalue weighted by molar-refractivity contribution is 6.01. The molecular formula is C16H22FN3O2. The molecule has 120 valence electrons. The third kappa shape index (κ3) is 4.19. The average Bonchev–Trinajstić information content (AvgIpc) is 2.96. The molecule has 0 saturated heterocycles. The molecule has 1 aliphatic rings. The van der Waals surface area contributed by atoms with Crippen molar-refractivity contribution in [2.45, 2.75) is 32.8 Å². The van der Waals surface area contributed by atoms with Crippen LogP contribution in [0.15, 0.2) is 29.4 Å². The van der Waals surface area contributed by atoms with Gasteiger partial charge in [-0.1, -0.05) is 24.2 Å². The largest absolute Gasteiger partial charge is 0.390 e. The fourth-order valence-corrected chi connectivity index (χ4v) is 2.39. The second-order valence-corrected chi connectivity index (χ2v) is 5.26. The fraction of sp³-hybridized carbons (Fsp3) is 0.500. The Labute approximate surface area is 130 Å². The van der Waals surface area contributed by atoms with Gasteiger partial charge in [-0.25, -0.2) is 9.18 Å². The standard InChI is InChI=1S/C16H22FN3O2/c1-3-9-20(16(21)18-4-2)11-14-10-15(19-22-14)12-5-7-13(17)8-6-12/h5-8,14H,3-4,9-11H2,1-2H3,(H,18,21). The first kappa shape index (κ1) is 16.3. The number of rotatable bonds is 6. The van der Waals surface area contributed by atoms with E-state index in [0.29, 0.717) is 26.1 Å². The maximum Gasteiger partial charge on any atom is 0.317 e. The van der Waals surface area contributed by atoms with E-state index >= 15 is 0 Å². The number of carbonyl (C=O) groups excluding carboxylic acids is 1. The molecule has 0 saturated carbocycles. The van der Waals surface area contributed by atoms with Gasteiger partial charge in [0, 0.05) is 19.5 Å². The topological polar surface area (TPSA) is 53.9 Å². The summed E-state index contributed by atoms with van der Waals surface area (Å²) in [6, 6.07) is 6.11. The quantitative estimate of drug-likeness (QED) is 0.878. The van der Waals surface area contributed by atoms with E-state index in [4.69, 9.17) is 4.84 Å². The Morgan fingerprint density at radius 1 is 1.41 bits per heavy atom. The monoisotopic (exact) mass is 307 g/mol. The minimum atomic E-state index is -0.273. The molecule has 0 spiro atoms. The molecule has 22 heavy (non-hydrogen) atoms. The highest BCUT2D eigenvalue weighted by atomic mass is 19.1. The molecule has 2 rings (SSSR count). The molecular weight excluding hydrogens is 285 g/mol. The van der Waals surface area contributed by atoms with Crippen molar-refractivity contribution < 1.29 is 14.0 Å². The van der Waals surface area contributed by atoms with Gasteiger partial charge < -0.3 is 15.1 Å². The molecule has 0 aromatic heterocycles. The van der Waals surface area contributed by atoms with Crippen LogP contribution < -0.4 is 5.32 Å². The second kappa shape index (κ2) is 7.77. The zero-order valence-corrected chi connectivity index (χ0v) is 13.0. The van der Waals surface area contributed by atoms with E-state index in [1.54, 1.807) is 17.0 Å². The predicted molar refractivity (Wildman–Crippen MR) is 83.4 cm³/mol. The molecule has 6 heteroatoms. The van der Waals surface area contributed by atoms with Gasteiger partial charge >= 0.3 is 6.03 Å². The molecule has 1 atom stereocenters. The number of hydrogen-bond donors (Lipinski definition) is 1. The van der Waals surface area contributed by atoms with Crippen LogP contribution in [0.2, 0.25) is 0 Å². The first-order valence-corrected chi connectivity index (χ1v) is 7.65. The zero-order chi connectivity index (χ0) is 15.9. The molecule has 1 aromatic carbocycles. The summed E-state index contributed by atoms with van der Waals surface area (Å²) in [7, 11) is 0. The van der Waals surface area contributed by atoms with Gasteiger partial charge in [0.2, 0.25) is 0 Å². The van der Waals surface area contributed by atoms with E-state index in [0.717, 1.165) is 17.7 Å². The number of benzene rings is 1. The zero-order valence-electron chi connectivity index (χ0n) is 13.0. The Morgan fingerprint density at radius 3 is 2.77 bits per heavy atom. The van der Waals surface area contributed by atoms with Gasteiger partial charge in [0.05, 0.1) is 12.3 Å². The van der Waals surface area contributed by atoms with Gasteiger partial charge in [-0.2, -0.15) is 0 Å². The van der Waals surface area contributed by atoms with Crippen LogP contribution in [-0.2, 0) is 4.84 Å². The highest BCUT2D eigenvalue weighted by Gasteiger charge is 2.26. The molecule has 1 unspecified atom stereocenters. The number of oxime groups is 1. The normalized spacial score (nSPS) is 16.9. The third-order valence-corrected chi connectivity index (χ3v) is 3.44. The summed E-state index contributed by atoms with van der Waals surface area (Å²) in [5.41, 5.74) is 1.64. The average molecular weight is 307 g/mol. The minimum absolute atomic E-state index is 0.0804. The lowest BCUT2D eigenvalue weighted by Gasteiger charge is -2.24. The summed E-state index contributed by atoms with van der Waals surface area (Å²) in [6.07, 6.45) is 1.34. The maximum absolute atomic E-state index is 12.9. The van der Waals surface area contributed by atoms with Gasteiger partial charge in [-0.3, -0.25) is 0 Å². The summed E-state index contributed by atoms with van der Waals surface area (Å²) < 4.78 is 12.9. The Hall–Kier alpha value is -2.11. The minimum Gasteiger partial charge on any atom is -0.390 e. The van der Waals surface area contributed by atoms with Crippen LogP contribution in [0.3, 0.4) is 0 Å². The van der Waals surface area contributed by atoms with Crippen LogP contribution in [0.5, 0.6) is 0 Å². The Balaban J connectivity index is 1.93. The van der Waals surface area contributed by atoms with Crippen LogP contribution in [0, 0.1) is 5.82 Å². The Morgan fingerprint density at radius 2 is 2.14 bits per heavy atom. The number of halogens is 1. The lowest BCUT2D eigenvalue weighted by atomic mass is 10.0. The summed E-state index contributed by atoms with van der Waals surface area (Å²) in [6.45, 7) is 5.69. The van der Waals surface area contributed by atoms with Crippen molar-refractivity contribution in [3.05, 3.63) is 35.6 Å². The molecule has 1 N–H and O–H groups in total. The SMILES string of the molecule is CCCN(CC1CC(c2ccc(F)cc2)=NO1)C(=O)NCC. The van der Waals surface area contributed by atoms with Crippen molar-refractivity contribution >= 4 is 11.7 Å². The molecule has 0 fully saturated rings. The summed E-state index contributed by atoms with van der Waals surface area (Å²) in [5, 5.41) is 6.88. The van der Waals surface area contributed by atoms with E-state index in [-0.39, 0.29) is 18.0 Å². The third-order valence-electron chi connectivity index (χ3n) is 3.44. The smallest absolute Gasteiger partial charge is 0.317 e. The highest BCUT2D eigenvalue weighted by Crippen LogP contribution is 2.18. The van der Waals surface area contributed by atoms with Gasteiger partial charge in [-0.05, 0) is 31.0 Å². The first-order valence-electron chi connectivity index (χ1n) is 7.65. The molecule has 2 amide bonds. The van der Waals surface area contributed by atoms with Crippen LogP contribution in [0.1, 0.15) is 32.3 Å². The van der Waals surface area contributed by atoms with E-state index in [1.807, 2.05) is 13.8 Å². The number of hydrogen-bond acceptors (Lipinski definition) is 3. The molecule has 1 aliphatic heterocycles.